The van der Waals surface area contributed by atoms with Gasteiger partial charge in [0.1, 0.15) is 5.75 Å². The Morgan fingerprint density at radius 3 is 2.91 bits per heavy atom. The molecular weight excluding hydrogens is 408 g/mol. The largest absolute Gasteiger partial charge is 0.494 e. The lowest BCUT2D eigenvalue weighted by molar-refractivity contribution is -0.0158. The number of hydrogen-bond acceptors (Lipinski definition) is 3. The molecule has 3 aliphatic rings. The fraction of sp³-hybridized carbons (Fsp3) is 0.621. The summed E-state index contributed by atoms with van der Waals surface area (Å²) < 4.78 is 7.91. The van der Waals surface area contributed by atoms with Gasteiger partial charge in [-0.2, -0.15) is 5.10 Å². The molecule has 178 valence electrons. The second-order valence-corrected chi connectivity index (χ2v) is 11.0. The first-order valence-electron chi connectivity index (χ1n) is 13.1. The van der Waals surface area contributed by atoms with Crippen LogP contribution in [0, 0.1) is 17.3 Å². The summed E-state index contributed by atoms with van der Waals surface area (Å²) in [7, 11) is 1.95. The van der Waals surface area contributed by atoms with Crippen molar-refractivity contribution >= 4 is 6.08 Å². The summed E-state index contributed by atoms with van der Waals surface area (Å²) in [5.74, 6) is 2.88. The molecule has 0 spiro atoms. The van der Waals surface area contributed by atoms with Crippen molar-refractivity contribution in [2.45, 2.75) is 83.7 Å². The van der Waals surface area contributed by atoms with Gasteiger partial charge in [0, 0.05) is 24.2 Å². The lowest BCUT2D eigenvalue weighted by Crippen LogP contribution is -2.44. The van der Waals surface area contributed by atoms with Crippen molar-refractivity contribution in [2.75, 3.05) is 6.61 Å². The lowest BCUT2D eigenvalue weighted by Gasteiger charge is -2.49. The first-order valence-corrected chi connectivity index (χ1v) is 13.1. The van der Waals surface area contributed by atoms with E-state index in [1.165, 1.54) is 43.2 Å². The summed E-state index contributed by atoms with van der Waals surface area (Å²) in [6, 6.07) is 6.87. The predicted octanol–water partition coefficient (Wildman–Crippen LogP) is 6.29. The summed E-state index contributed by atoms with van der Waals surface area (Å²) in [5, 5.41) is 15.7. The Labute approximate surface area is 199 Å². The lowest BCUT2D eigenvalue weighted by atomic mass is 9.55. The average Bonchev–Trinajstić information content (AvgIpc) is 3.34. The molecule has 5 rings (SSSR count). The third kappa shape index (κ3) is 4.27. The van der Waals surface area contributed by atoms with Gasteiger partial charge in [0.2, 0.25) is 0 Å². The van der Waals surface area contributed by atoms with E-state index in [2.05, 4.69) is 43.2 Å². The molecule has 1 N–H and O–H groups in total. The van der Waals surface area contributed by atoms with Crippen LogP contribution in [0.2, 0.25) is 0 Å². The van der Waals surface area contributed by atoms with Gasteiger partial charge in [-0.1, -0.05) is 45.3 Å². The molecule has 2 aromatic rings. The minimum Gasteiger partial charge on any atom is -0.494 e. The Morgan fingerprint density at radius 2 is 2.12 bits per heavy atom. The highest BCUT2D eigenvalue weighted by Gasteiger charge is 2.56. The molecule has 0 aliphatic heterocycles. The number of hydrogen-bond donors (Lipinski definition) is 1. The number of aliphatic hydroxyl groups excluding tert-OH is 1. The summed E-state index contributed by atoms with van der Waals surface area (Å²) in [6.07, 6.45) is 16.4. The van der Waals surface area contributed by atoms with E-state index < -0.39 is 0 Å². The molecule has 0 saturated heterocycles. The summed E-state index contributed by atoms with van der Waals surface area (Å²) >= 11 is 0. The monoisotopic (exact) mass is 448 g/mol. The second kappa shape index (κ2) is 9.29. The van der Waals surface area contributed by atoms with Crippen LogP contribution >= 0.6 is 0 Å². The van der Waals surface area contributed by atoms with E-state index in [1.54, 1.807) is 5.56 Å². The molecule has 0 radical (unpaired) electrons. The van der Waals surface area contributed by atoms with Crippen LogP contribution in [-0.4, -0.2) is 27.6 Å². The highest BCUT2D eigenvalue weighted by atomic mass is 16.5. The van der Waals surface area contributed by atoms with Crippen LogP contribution in [0.1, 0.15) is 87.8 Å². The van der Waals surface area contributed by atoms with Gasteiger partial charge in [-0.25, -0.2) is 0 Å². The zero-order valence-electron chi connectivity index (χ0n) is 20.6. The molecule has 3 aliphatic carbocycles. The van der Waals surface area contributed by atoms with E-state index in [0.29, 0.717) is 17.8 Å². The Hall–Kier alpha value is -2.07. The number of aromatic nitrogens is 2. The van der Waals surface area contributed by atoms with E-state index in [4.69, 9.17) is 4.74 Å². The number of benzene rings is 1. The normalized spacial score (nSPS) is 31.8. The molecule has 5 atom stereocenters. The number of rotatable bonds is 7. The first kappa shape index (κ1) is 22.7. The minimum absolute atomic E-state index is 0.00570. The zero-order chi connectivity index (χ0) is 23.0. The van der Waals surface area contributed by atoms with Crippen LogP contribution in [-0.2, 0) is 13.5 Å². The van der Waals surface area contributed by atoms with Crippen molar-refractivity contribution in [3.05, 3.63) is 52.9 Å². The topological polar surface area (TPSA) is 47.3 Å². The molecule has 0 amide bonds. The van der Waals surface area contributed by atoms with Crippen LogP contribution in [0.4, 0.5) is 0 Å². The quantitative estimate of drug-likeness (QED) is 0.506. The van der Waals surface area contributed by atoms with Gasteiger partial charge in [0.25, 0.3) is 0 Å². The molecule has 4 nitrogen and oxygen atoms in total. The van der Waals surface area contributed by atoms with Crippen LogP contribution in [0.3, 0.4) is 0 Å². The maximum absolute atomic E-state index is 11.4. The molecule has 2 fully saturated rings. The van der Waals surface area contributed by atoms with Crippen molar-refractivity contribution < 1.29 is 9.84 Å². The van der Waals surface area contributed by atoms with Crippen LogP contribution < -0.4 is 4.74 Å². The maximum atomic E-state index is 11.4. The van der Waals surface area contributed by atoms with Crippen molar-refractivity contribution in [3.8, 4) is 5.75 Å². The molecule has 2 saturated carbocycles. The Morgan fingerprint density at radius 1 is 1.24 bits per heavy atom. The molecule has 1 aromatic heterocycles. The van der Waals surface area contributed by atoms with Gasteiger partial charge >= 0.3 is 0 Å². The summed E-state index contributed by atoms with van der Waals surface area (Å²) in [5.41, 5.74) is 5.34. The van der Waals surface area contributed by atoms with Gasteiger partial charge < -0.3 is 9.84 Å². The molecular formula is C29H40N2O2. The molecule has 4 heteroatoms. The number of aliphatic hydroxyl groups is 1. The fourth-order valence-corrected chi connectivity index (χ4v) is 7.09. The predicted molar refractivity (Wildman–Crippen MR) is 133 cm³/mol. The number of aryl methyl sites for hydroxylation is 2. The highest BCUT2D eigenvalue weighted by Crippen LogP contribution is 2.62. The standard InChI is InChI=1S/C29H40N2O2/c1-4-5-6-7-14-33-23-9-11-24-21(16-23)8-10-26-25(24)12-13-29(2)27(26)17-22(28(29)32)15-20-18-30-31(3)19-20/h9,11,15-16,18-19,25-28,32H,4-8,10,12-14,17H2,1-3H3. The van der Waals surface area contributed by atoms with Crippen LogP contribution in [0.25, 0.3) is 6.08 Å². The first-order chi connectivity index (χ1) is 16.0. The smallest absolute Gasteiger partial charge is 0.119 e. The van der Waals surface area contributed by atoms with Crippen molar-refractivity contribution in [2.24, 2.45) is 24.3 Å². The van der Waals surface area contributed by atoms with E-state index in [-0.39, 0.29) is 11.5 Å². The van der Waals surface area contributed by atoms with Gasteiger partial charge in [-0.15, -0.1) is 0 Å². The third-order valence-corrected chi connectivity index (χ3v) is 8.91. The fourth-order valence-electron chi connectivity index (χ4n) is 7.09. The number of unbranched alkanes of at least 4 members (excludes halogenated alkanes) is 3. The summed E-state index contributed by atoms with van der Waals surface area (Å²) in [4.78, 5) is 0. The molecule has 1 heterocycles. The van der Waals surface area contributed by atoms with Gasteiger partial charge in [-0.3, -0.25) is 4.68 Å². The molecule has 33 heavy (non-hydrogen) atoms. The van der Waals surface area contributed by atoms with Crippen molar-refractivity contribution in [1.29, 1.82) is 0 Å². The van der Waals surface area contributed by atoms with Crippen LogP contribution in [0.15, 0.2) is 36.2 Å². The van der Waals surface area contributed by atoms with E-state index in [1.807, 2.05) is 24.1 Å². The Bertz CT molecular complexity index is 1010. The molecule has 5 unspecified atom stereocenters. The van der Waals surface area contributed by atoms with E-state index >= 15 is 0 Å². The van der Waals surface area contributed by atoms with E-state index in [0.717, 1.165) is 43.6 Å². The van der Waals surface area contributed by atoms with E-state index in [9.17, 15) is 5.11 Å². The molecule has 1 aromatic carbocycles. The molecule has 0 bridgehead atoms. The van der Waals surface area contributed by atoms with Gasteiger partial charge in [-0.05, 0) is 85.1 Å². The van der Waals surface area contributed by atoms with Crippen molar-refractivity contribution in [1.82, 2.24) is 9.78 Å². The SMILES string of the molecule is CCCCCCOc1ccc2c(c1)CCC1C2CCC2(C)C(O)C(=Cc3cnn(C)c3)CC12. The minimum atomic E-state index is -0.339. The summed E-state index contributed by atoms with van der Waals surface area (Å²) in [6.45, 7) is 5.42. The number of ether oxygens (including phenoxy) is 1. The average molecular weight is 449 g/mol. The van der Waals surface area contributed by atoms with Crippen molar-refractivity contribution in [3.63, 3.8) is 0 Å². The van der Waals surface area contributed by atoms with Crippen LogP contribution in [0.5, 0.6) is 5.75 Å². The second-order valence-electron chi connectivity index (χ2n) is 11.0. The zero-order valence-corrected chi connectivity index (χ0v) is 20.6. The van der Waals surface area contributed by atoms with Gasteiger partial charge in [0.05, 0.1) is 18.9 Å². The Balaban J connectivity index is 1.31. The maximum Gasteiger partial charge on any atom is 0.119 e. The third-order valence-electron chi connectivity index (χ3n) is 8.91. The number of nitrogens with zero attached hydrogens (tertiary/aromatic N) is 2. The highest BCUT2D eigenvalue weighted by molar-refractivity contribution is 5.54. The van der Waals surface area contributed by atoms with Gasteiger partial charge in [0.15, 0.2) is 0 Å². The number of fused-ring (bicyclic) bond motifs is 5. The Kier molecular flexibility index (Phi) is 6.39.